The van der Waals surface area contributed by atoms with E-state index >= 15 is 0 Å². The van der Waals surface area contributed by atoms with Crippen molar-refractivity contribution < 1.29 is 24.5 Å². The standard InChI is InChI=1S/C22H31NO5/c1-15(2)18(13-19(14-24)23-22(25)26)11-16-7-8-17-5-4-6-21(20(17)12-16)28-10-9-27-3/h4-8,12,15,18-19,23-24H,9-11,13-14H2,1-3H3,(H,25,26). The van der Waals surface area contributed by atoms with Crippen LogP contribution >= 0.6 is 0 Å². The lowest BCUT2D eigenvalue weighted by Gasteiger charge is -2.25. The second-order valence-electron chi connectivity index (χ2n) is 7.43. The van der Waals surface area contributed by atoms with Crippen molar-refractivity contribution in [2.75, 3.05) is 26.9 Å². The summed E-state index contributed by atoms with van der Waals surface area (Å²) in [6, 6.07) is 11.9. The number of fused-ring (bicyclic) bond motifs is 1. The van der Waals surface area contributed by atoms with Crippen LogP contribution in [0.4, 0.5) is 4.79 Å². The van der Waals surface area contributed by atoms with Gasteiger partial charge < -0.3 is 25.0 Å². The molecule has 2 aromatic carbocycles. The molecule has 0 aliphatic rings. The van der Waals surface area contributed by atoms with E-state index in [1.54, 1.807) is 7.11 Å². The van der Waals surface area contributed by atoms with Gasteiger partial charge in [0.2, 0.25) is 0 Å². The maximum absolute atomic E-state index is 10.9. The number of aliphatic hydroxyl groups is 1. The van der Waals surface area contributed by atoms with Gasteiger partial charge in [-0.2, -0.15) is 0 Å². The summed E-state index contributed by atoms with van der Waals surface area (Å²) in [7, 11) is 1.65. The van der Waals surface area contributed by atoms with Gasteiger partial charge in [0.05, 0.1) is 19.3 Å². The highest BCUT2D eigenvalue weighted by Crippen LogP contribution is 2.29. The average Bonchev–Trinajstić information content (AvgIpc) is 2.66. The highest BCUT2D eigenvalue weighted by atomic mass is 16.5. The van der Waals surface area contributed by atoms with Crippen molar-refractivity contribution in [3.63, 3.8) is 0 Å². The molecular weight excluding hydrogens is 358 g/mol. The topological polar surface area (TPSA) is 88.0 Å². The van der Waals surface area contributed by atoms with Gasteiger partial charge in [-0.15, -0.1) is 0 Å². The van der Waals surface area contributed by atoms with Crippen molar-refractivity contribution in [1.29, 1.82) is 0 Å². The fraction of sp³-hybridized carbons (Fsp3) is 0.500. The summed E-state index contributed by atoms with van der Waals surface area (Å²) in [5, 5.41) is 23.0. The SMILES string of the molecule is COCCOc1cccc2ccc(CC(CC(CO)NC(=O)O)C(C)C)cc12. The number of hydrogen-bond donors (Lipinski definition) is 3. The van der Waals surface area contributed by atoms with Crippen molar-refractivity contribution >= 4 is 16.9 Å². The Morgan fingerprint density at radius 2 is 1.96 bits per heavy atom. The van der Waals surface area contributed by atoms with Crippen LogP contribution in [0.3, 0.4) is 0 Å². The normalized spacial score (nSPS) is 13.5. The quantitative estimate of drug-likeness (QED) is 0.510. The van der Waals surface area contributed by atoms with Crippen LogP contribution < -0.4 is 10.1 Å². The smallest absolute Gasteiger partial charge is 0.404 e. The van der Waals surface area contributed by atoms with Crippen LogP contribution in [-0.2, 0) is 11.2 Å². The Kier molecular flexibility index (Phi) is 8.54. The molecule has 0 spiro atoms. The molecule has 0 saturated heterocycles. The molecule has 1 amide bonds. The molecule has 0 bridgehead atoms. The summed E-state index contributed by atoms with van der Waals surface area (Å²) < 4.78 is 10.9. The fourth-order valence-electron chi connectivity index (χ4n) is 3.39. The molecule has 0 saturated carbocycles. The Labute approximate surface area is 166 Å². The van der Waals surface area contributed by atoms with Crippen LogP contribution in [0.5, 0.6) is 5.75 Å². The second kappa shape index (κ2) is 10.9. The van der Waals surface area contributed by atoms with E-state index in [0.717, 1.165) is 22.9 Å². The zero-order valence-electron chi connectivity index (χ0n) is 16.9. The van der Waals surface area contributed by atoms with Crippen molar-refractivity contribution in [3.05, 3.63) is 42.0 Å². The van der Waals surface area contributed by atoms with Gasteiger partial charge in [0, 0.05) is 12.5 Å². The molecule has 6 nitrogen and oxygen atoms in total. The van der Waals surface area contributed by atoms with Crippen LogP contribution in [-0.4, -0.2) is 49.3 Å². The molecule has 2 aromatic rings. The number of hydrogen-bond acceptors (Lipinski definition) is 4. The minimum atomic E-state index is -1.11. The molecular formula is C22H31NO5. The van der Waals surface area contributed by atoms with Crippen LogP contribution in [0.1, 0.15) is 25.8 Å². The van der Waals surface area contributed by atoms with Gasteiger partial charge in [0.25, 0.3) is 0 Å². The van der Waals surface area contributed by atoms with Crippen molar-refractivity contribution in [2.45, 2.75) is 32.7 Å². The number of methoxy groups -OCH3 is 1. The van der Waals surface area contributed by atoms with Gasteiger partial charge in [0.15, 0.2) is 0 Å². The molecule has 2 atom stereocenters. The fourth-order valence-corrected chi connectivity index (χ4v) is 3.39. The summed E-state index contributed by atoms with van der Waals surface area (Å²) >= 11 is 0. The van der Waals surface area contributed by atoms with Crippen LogP contribution in [0, 0.1) is 11.8 Å². The van der Waals surface area contributed by atoms with E-state index in [2.05, 4.69) is 43.4 Å². The summed E-state index contributed by atoms with van der Waals surface area (Å²) in [5.41, 5.74) is 1.17. The third kappa shape index (κ3) is 6.39. The number of amides is 1. The van der Waals surface area contributed by atoms with Gasteiger partial charge in [-0.1, -0.05) is 38.1 Å². The summed E-state index contributed by atoms with van der Waals surface area (Å²) in [6.07, 6.45) is 0.285. The number of rotatable bonds is 11. The summed E-state index contributed by atoms with van der Waals surface area (Å²) in [4.78, 5) is 10.9. The highest BCUT2D eigenvalue weighted by molar-refractivity contribution is 5.88. The third-order valence-corrected chi connectivity index (χ3v) is 5.03. The first kappa shape index (κ1) is 22.0. The maximum atomic E-state index is 10.9. The molecule has 0 aromatic heterocycles. The number of ether oxygens (including phenoxy) is 2. The van der Waals surface area contributed by atoms with Crippen LogP contribution in [0.15, 0.2) is 36.4 Å². The number of carbonyl (C=O) groups is 1. The molecule has 3 N–H and O–H groups in total. The van der Waals surface area contributed by atoms with E-state index in [0.29, 0.717) is 25.6 Å². The number of aliphatic hydroxyl groups excluding tert-OH is 1. The van der Waals surface area contributed by atoms with E-state index in [-0.39, 0.29) is 12.5 Å². The predicted octanol–water partition coefficient (Wildman–Crippen LogP) is 3.70. The molecule has 0 radical (unpaired) electrons. The predicted molar refractivity (Wildman–Crippen MR) is 110 cm³/mol. The summed E-state index contributed by atoms with van der Waals surface area (Å²) in [5.74, 6) is 1.43. The van der Waals surface area contributed by atoms with Crippen LogP contribution in [0.25, 0.3) is 10.8 Å². The van der Waals surface area contributed by atoms with Crippen molar-refractivity contribution in [2.24, 2.45) is 11.8 Å². The lowest BCUT2D eigenvalue weighted by atomic mass is 9.84. The lowest BCUT2D eigenvalue weighted by Crippen LogP contribution is -2.39. The zero-order valence-corrected chi connectivity index (χ0v) is 16.9. The van der Waals surface area contributed by atoms with E-state index in [9.17, 15) is 9.90 Å². The molecule has 28 heavy (non-hydrogen) atoms. The number of nitrogens with one attached hydrogen (secondary N) is 1. The van der Waals surface area contributed by atoms with Gasteiger partial charge in [0.1, 0.15) is 12.4 Å². The van der Waals surface area contributed by atoms with Gasteiger partial charge in [-0.3, -0.25) is 0 Å². The monoisotopic (exact) mass is 389 g/mol. The molecule has 0 aliphatic heterocycles. The Morgan fingerprint density at radius 3 is 2.61 bits per heavy atom. The van der Waals surface area contributed by atoms with Crippen molar-refractivity contribution in [1.82, 2.24) is 5.32 Å². The maximum Gasteiger partial charge on any atom is 0.404 e. The largest absolute Gasteiger partial charge is 0.491 e. The highest BCUT2D eigenvalue weighted by Gasteiger charge is 2.21. The molecule has 6 heteroatoms. The molecule has 2 rings (SSSR count). The Balaban J connectivity index is 2.19. The zero-order chi connectivity index (χ0) is 20.5. The lowest BCUT2D eigenvalue weighted by molar-refractivity contribution is 0.147. The van der Waals surface area contributed by atoms with Gasteiger partial charge in [-0.05, 0) is 47.8 Å². The Bertz CT molecular complexity index is 762. The van der Waals surface area contributed by atoms with Gasteiger partial charge in [-0.25, -0.2) is 4.79 Å². The third-order valence-electron chi connectivity index (χ3n) is 5.03. The molecule has 2 unspecified atom stereocenters. The first-order chi connectivity index (χ1) is 13.4. The molecule has 0 aliphatic carbocycles. The summed E-state index contributed by atoms with van der Waals surface area (Å²) in [6.45, 7) is 5.07. The average molecular weight is 389 g/mol. The molecule has 0 fully saturated rings. The molecule has 154 valence electrons. The van der Waals surface area contributed by atoms with E-state index < -0.39 is 12.1 Å². The number of carboxylic acid groups (broad SMARTS) is 1. The first-order valence-corrected chi connectivity index (χ1v) is 9.68. The van der Waals surface area contributed by atoms with Crippen LogP contribution in [0.2, 0.25) is 0 Å². The minimum Gasteiger partial charge on any atom is -0.491 e. The molecule has 0 heterocycles. The van der Waals surface area contributed by atoms with E-state index in [1.165, 1.54) is 5.56 Å². The minimum absolute atomic E-state index is 0.204. The first-order valence-electron chi connectivity index (χ1n) is 9.68. The van der Waals surface area contributed by atoms with Crippen molar-refractivity contribution in [3.8, 4) is 5.75 Å². The Morgan fingerprint density at radius 1 is 1.18 bits per heavy atom. The number of benzene rings is 2. The van der Waals surface area contributed by atoms with E-state index in [4.69, 9.17) is 14.6 Å². The Hall–Kier alpha value is -2.31. The van der Waals surface area contributed by atoms with Gasteiger partial charge >= 0.3 is 6.09 Å². The van der Waals surface area contributed by atoms with E-state index in [1.807, 2.05) is 12.1 Å². The second-order valence-corrected chi connectivity index (χ2v) is 7.43.